The van der Waals surface area contributed by atoms with E-state index in [-0.39, 0.29) is 27.9 Å². The molecule has 24 heavy (non-hydrogen) atoms. The Balaban J connectivity index is 2.65. The number of carbonyl (C=O) groups excluding carboxylic acids is 2. The Bertz CT molecular complexity index is 833. The second kappa shape index (κ2) is 6.86. The van der Waals surface area contributed by atoms with Crippen LogP contribution in [0.15, 0.2) is 36.4 Å². The van der Waals surface area contributed by atoms with Gasteiger partial charge in [0, 0.05) is 12.1 Å². The highest BCUT2D eigenvalue weighted by atomic mass is 19.1. The number of nitro benzene ring substituents is 1. The summed E-state index contributed by atoms with van der Waals surface area (Å²) in [5.74, 6) is -2.25. The van der Waals surface area contributed by atoms with E-state index in [1.165, 1.54) is 18.2 Å². The predicted octanol–water partition coefficient (Wildman–Crippen LogP) is 2.97. The van der Waals surface area contributed by atoms with Crippen LogP contribution < -0.4 is 0 Å². The van der Waals surface area contributed by atoms with Crippen molar-refractivity contribution in [3.8, 4) is 11.1 Å². The van der Waals surface area contributed by atoms with Crippen LogP contribution in [0.25, 0.3) is 11.1 Å². The van der Waals surface area contributed by atoms with Crippen LogP contribution in [-0.4, -0.2) is 31.1 Å². The Kier molecular flexibility index (Phi) is 4.88. The molecule has 0 N–H and O–H groups in total. The van der Waals surface area contributed by atoms with Crippen LogP contribution in [0, 0.1) is 15.9 Å². The van der Waals surface area contributed by atoms with Gasteiger partial charge >= 0.3 is 11.9 Å². The molecule has 0 aliphatic rings. The van der Waals surface area contributed by atoms with Crippen molar-refractivity contribution >= 4 is 17.6 Å². The van der Waals surface area contributed by atoms with Crippen molar-refractivity contribution in [1.82, 2.24) is 0 Å². The lowest BCUT2D eigenvalue weighted by molar-refractivity contribution is -0.384. The van der Waals surface area contributed by atoms with Crippen LogP contribution in [0.5, 0.6) is 0 Å². The van der Waals surface area contributed by atoms with Gasteiger partial charge in [-0.1, -0.05) is 0 Å². The molecule has 7 nitrogen and oxygen atoms in total. The zero-order chi connectivity index (χ0) is 17.9. The number of halogens is 1. The van der Waals surface area contributed by atoms with Crippen LogP contribution in [-0.2, 0) is 9.47 Å². The van der Waals surface area contributed by atoms with Crippen LogP contribution >= 0.6 is 0 Å². The Morgan fingerprint density at radius 2 is 1.42 bits per heavy atom. The molecular formula is C16H12FNO6. The van der Waals surface area contributed by atoms with Gasteiger partial charge in [0.25, 0.3) is 5.69 Å². The standard InChI is InChI=1S/C16H12FNO6/c1-23-15(19)11-3-9(5-13(17)6-11)10-4-12(16(20)24-2)8-14(7-10)18(21)22/h3-8H,1-2H3. The van der Waals surface area contributed by atoms with E-state index in [0.717, 1.165) is 32.4 Å². The molecule has 8 heteroatoms. The Morgan fingerprint density at radius 1 is 0.917 bits per heavy atom. The van der Waals surface area contributed by atoms with Gasteiger partial charge in [0.1, 0.15) is 5.82 Å². The largest absolute Gasteiger partial charge is 0.465 e. The molecule has 0 radical (unpaired) electrons. The zero-order valence-corrected chi connectivity index (χ0v) is 12.7. The number of esters is 2. The maximum Gasteiger partial charge on any atom is 0.338 e. The molecule has 0 spiro atoms. The van der Waals surface area contributed by atoms with Crippen molar-refractivity contribution in [2.24, 2.45) is 0 Å². The van der Waals surface area contributed by atoms with Gasteiger partial charge in [-0.05, 0) is 35.4 Å². The number of ether oxygens (including phenoxy) is 2. The van der Waals surface area contributed by atoms with Crippen molar-refractivity contribution < 1.29 is 28.4 Å². The average molecular weight is 333 g/mol. The lowest BCUT2D eigenvalue weighted by atomic mass is 10.00. The summed E-state index contributed by atoms with van der Waals surface area (Å²) in [4.78, 5) is 33.6. The van der Waals surface area contributed by atoms with E-state index in [2.05, 4.69) is 9.47 Å². The van der Waals surface area contributed by atoms with Gasteiger partial charge in [0.2, 0.25) is 0 Å². The lowest BCUT2D eigenvalue weighted by Crippen LogP contribution is -2.04. The molecule has 0 aliphatic heterocycles. The van der Waals surface area contributed by atoms with E-state index in [1.807, 2.05) is 0 Å². The fourth-order valence-electron chi connectivity index (χ4n) is 2.11. The third-order valence-electron chi connectivity index (χ3n) is 3.20. The van der Waals surface area contributed by atoms with E-state index >= 15 is 0 Å². The number of benzene rings is 2. The number of nitro groups is 1. The maximum atomic E-state index is 13.8. The monoisotopic (exact) mass is 333 g/mol. The van der Waals surface area contributed by atoms with Gasteiger partial charge in [-0.25, -0.2) is 14.0 Å². The minimum absolute atomic E-state index is 0.0568. The Labute approximate surface area is 135 Å². The second-order valence-electron chi connectivity index (χ2n) is 4.74. The number of non-ortho nitro benzene ring substituents is 1. The summed E-state index contributed by atoms with van der Waals surface area (Å²) in [6.45, 7) is 0. The maximum absolute atomic E-state index is 13.8. The normalized spacial score (nSPS) is 10.1. The molecule has 0 bridgehead atoms. The van der Waals surface area contributed by atoms with E-state index < -0.39 is 22.7 Å². The molecule has 0 unspecified atom stereocenters. The average Bonchev–Trinajstić information content (AvgIpc) is 2.59. The highest BCUT2D eigenvalue weighted by Crippen LogP contribution is 2.28. The van der Waals surface area contributed by atoms with Crippen LogP contribution in [0.2, 0.25) is 0 Å². The molecule has 2 rings (SSSR count). The summed E-state index contributed by atoms with van der Waals surface area (Å²) in [7, 11) is 2.29. The van der Waals surface area contributed by atoms with Crippen molar-refractivity contribution in [2.45, 2.75) is 0 Å². The van der Waals surface area contributed by atoms with Gasteiger partial charge in [-0.15, -0.1) is 0 Å². The van der Waals surface area contributed by atoms with E-state index in [0.29, 0.717) is 0 Å². The molecule has 0 fully saturated rings. The first-order valence-electron chi connectivity index (χ1n) is 6.62. The highest BCUT2D eigenvalue weighted by Gasteiger charge is 2.17. The summed E-state index contributed by atoms with van der Waals surface area (Å²) >= 11 is 0. The van der Waals surface area contributed by atoms with E-state index in [9.17, 15) is 24.1 Å². The van der Waals surface area contributed by atoms with E-state index in [4.69, 9.17) is 0 Å². The summed E-state index contributed by atoms with van der Waals surface area (Å²) in [6, 6.07) is 6.92. The van der Waals surface area contributed by atoms with Crippen LogP contribution in [0.1, 0.15) is 20.7 Å². The number of hydrogen-bond acceptors (Lipinski definition) is 6. The fourth-order valence-corrected chi connectivity index (χ4v) is 2.11. The lowest BCUT2D eigenvalue weighted by Gasteiger charge is -2.07. The number of methoxy groups -OCH3 is 2. The topological polar surface area (TPSA) is 95.7 Å². The Hall–Kier alpha value is -3.29. The van der Waals surface area contributed by atoms with Gasteiger partial charge in [0.15, 0.2) is 0 Å². The number of carbonyl (C=O) groups is 2. The summed E-state index contributed by atoms with van der Waals surface area (Å²) in [6.07, 6.45) is 0. The smallest absolute Gasteiger partial charge is 0.338 e. The number of hydrogen-bond donors (Lipinski definition) is 0. The molecule has 0 saturated heterocycles. The number of rotatable bonds is 4. The quantitative estimate of drug-likeness (QED) is 0.485. The first-order chi connectivity index (χ1) is 11.3. The molecule has 0 heterocycles. The van der Waals surface area contributed by atoms with Gasteiger partial charge < -0.3 is 9.47 Å². The third-order valence-corrected chi connectivity index (χ3v) is 3.20. The van der Waals surface area contributed by atoms with Crippen molar-refractivity contribution in [1.29, 1.82) is 0 Å². The molecule has 0 aromatic heterocycles. The SMILES string of the molecule is COC(=O)c1cc(F)cc(-c2cc(C(=O)OC)cc([N+](=O)[O-])c2)c1. The molecule has 0 amide bonds. The van der Waals surface area contributed by atoms with Crippen LogP contribution in [0.4, 0.5) is 10.1 Å². The minimum Gasteiger partial charge on any atom is -0.465 e. The van der Waals surface area contributed by atoms with Crippen molar-refractivity contribution in [3.05, 3.63) is 63.5 Å². The highest BCUT2D eigenvalue weighted by molar-refractivity contribution is 5.93. The molecule has 2 aromatic carbocycles. The molecule has 124 valence electrons. The third kappa shape index (κ3) is 3.54. The van der Waals surface area contributed by atoms with Gasteiger partial charge in [-0.3, -0.25) is 10.1 Å². The van der Waals surface area contributed by atoms with Gasteiger partial charge in [0.05, 0.1) is 30.3 Å². The van der Waals surface area contributed by atoms with Gasteiger partial charge in [-0.2, -0.15) is 0 Å². The molecule has 2 aromatic rings. The molecular weight excluding hydrogens is 321 g/mol. The van der Waals surface area contributed by atoms with Crippen molar-refractivity contribution in [2.75, 3.05) is 14.2 Å². The minimum atomic E-state index is -0.774. The Morgan fingerprint density at radius 3 is 1.92 bits per heavy atom. The van der Waals surface area contributed by atoms with Crippen molar-refractivity contribution in [3.63, 3.8) is 0 Å². The summed E-state index contributed by atoms with van der Waals surface area (Å²) < 4.78 is 22.9. The zero-order valence-electron chi connectivity index (χ0n) is 12.7. The fraction of sp³-hybridized carbons (Fsp3) is 0.125. The summed E-state index contributed by atoms with van der Waals surface area (Å²) in [5, 5.41) is 11.0. The van der Waals surface area contributed by atoms with E-state index in [1.54, 1.807) is 0 Å². The summed E-state index contributed by atoms with van der Waals surface area (Å²) in [5.41, 5.74) is -0.112. The number of nitrogens with zero attached hydrogens (tertiary/aromatic N) is 1. The predicted molar refractivity (Wildman–Crippen MR) is 81.2 cm³/mol. The van der Waals surface area contributed by atoms with Crippen LogP contribution in [0.3, 0.4) is 0 Å². The molecule has 0 atom stereocenters. The second-order valence-corrected chi connectivity index (χ2v) is 4.74. The molecule has 0 saturated carbocycles. The molecule has 0 aliphatic carbocycles. The first-order valence-corrected chi connectivity index (χ1v) is 6.62. The first kappa shape index (κ1) is 17.1.